The Morgan fingerprint density at radius 2 is 2.15 bits per heavy atom. The molecule has 1 aromatic carbocycles. The van der Waals surface area contributed by atoms with Crippen molar-refractivity contribution in [1.82, 2.24) is 10.6 Å². The molecule has 0 fully saturated rings. The van der Waals surface area contributed by atoms with Crippen LogP contribution in [0.3, 0.4) is 0 Å². The summed E-state index contributed by atoms with van der Waals surface area (Å²) in [6.07, 6.45) is 1.09. The molecule has 0 aromatic heterocycles. The number of hydrogen-bond acceptors (Lipinski definition) is 3. The normalized spacial score (nSPS) is 18.9. The molecule has 0 amide bonds. The van der Waals surface area contributed by atoms with Crippen molar-refractivity contribution in [3.05, 3.63) is 35.4 Å². The Hall–Kier alpha value is -0.900. The molecular weight excluding hydrogens is 248 g/mol. The lowest BCUT2D eigenvalue weighted by Gasteiger charge is -2.29. The highest BCUT2D eigenvalue weighted by atomic mass is 16.5. The standard InChI is InChI=1S/C17H28N2O/c1-17(2,8-9-20-3)13-19-12-15-11-18-10-14-6-4-5-7-16(14)15/h4-7,15,18-19H,8-13H2,1-3H3. The third-order valence-corrected chi connectivity index (χ3v) is 4.18. The first kappa shape index (κ1) is 15.5. The van der Waals surface area contributed by atoms with Crippen LogP contribution in [-0.2, 0) is 11.3 Å². The third-order valence-electron chi connectivity index (χ3n) is 4.18. The van der Waals surface area contributed by atoms with Crippen LogP contribution in [0.2, 0.25) is 0 Å². The fourth-order valence-corrected chi connectivity index (χ4v) is 2.82. The van der Waals surface area contributed by atoms with E-state index in [9.17, 15) is 0 Å². The Morgan fingerprint density at radius 3 is 2.95 bits per heavy atom. The van der Waals surface area contributed by atoms with Crippen LogP contribution in [0.25, 0.3) is 0 Å². The van der Waals surface area contributed by atoms with Crippen molar-refractivity contribution in [2.45, 2.75) is 32.7 Å². The molecule has 0 bridgehead atoms. The molecule has 1 unspecified atom stereocenters. The maximum absolute atomic E-state index is 5.18. The van der Waals surface area contributed by atoms with E-state index >= 15 is 0 Å². The fourth-order valence-electron chi connectivity index (χ4n) is 2.82. The van der Waals surface area contributed by atoms with Crippen molar-refractivity contribution in [2.75, 3.05) is 33.4 Å². The van der Waals surface area contributed by atoms with E-state index in [1.165, 1.54) is 11.1 Å². The highest BCUT2D eigenvalue weighted by Gasteiger charge is 2.21. The lowest BCUT2D eigenvalue weighted by molar-refractivity contribution is 0.150. The van der Waals surface area contributed by atoms with E-state index in [2.05, 4.69) is 48.7 Å². The Bertz CT molecular complexity index is 417. The molecule has 3 heteroatoms. The van der Waals surface area contributed by atoms with Crippen LogP contribution >= 0.6 is 0 Å². The Labute approximate surface area is 123 Å². The predicted octanol–water partition coefficient (Wildman–Crippen LogP) is 2.53. The van der Waals surface area contributed by atoms with Crippen molar-refractivity contribution in [2.24, 2.45) is 5.41 Å². The van der Waals surface area contributed by atoms with E-state index in [1.54, 1.807) is 7.11 Å². The summed E-state index contributed by atoms with van der Waals surface area (Å²) in [6.45, 7) is 9.59. The minimum Gasteiger partial charge on any atom is -0.385 e. The molecule has 3 nitrogen and oxygen atoms in total. The number of benzene rings is 1. The number of nitrogens with one attached hydrogen (secondary N) is 2. The second-order valence-corrected chi connectivity index (χ2v) is 6.56. The van der Waals surface area contributed by atoms with E-state index in [0.29, 0.717) is 5.92 Å². The number of rotatable bonds is 7. The molecule has 2 N–H and O–H groups in total. The lowest BCUT2D eigenvalue weighted by atomic mass is 9.88. The summed E-state index contributed by atoms with van der Waals surface area (Å²) < 4.78 is 5.18. The van der Waals surface area contributed by atoms with Gasteiger partial charge in [-0.25, -0.2) is 0 Å². The molecule has 1 aliphatic heterocycles. The molecular formula is C17H28N2O. The maximum Gasteiger partial charge on any atom is 0.0467 e. The molecule has 0 spiro atoms. The van der Waals surface area contributed by atoms with Gasteiger partial charge in [0, 0.05) is 45.8 Å². The van der Waals surface area contributed by atoms with Gasteiger partial charge in [-0.05, 0) is 23.0 Å². The van der Waals surface area contributed by atoms with Crippen LogP contribution in [0.15, 0.2) is 24.3 Å². The molecule has 0 aliphatic carbocycles. The van der Waals surface area contributed by atoms with E-state index < -0.39 is 0 Å². The van der Waals surface area contributed by atoms with Crippen LogP contribution in [0, 0.1) is 5.41 Å². The smallest absolute Gasteiger partial charge is 0.0467 e. The summed E-state index contributed by atoms with van der Waals surface area (Å²) in [7, 11) is 1.77. The topological polar surface area (TPSA) is 33.3 Å². The van der Waals surface area contributed by atoms with E-state index in [-0.39, 0.29) is 5.41 Å². The zero-order valence-electron chi connectivity index (χ0n) is 13.0. The molecule has 20 heavy (non-hydrogen) atoms. The summed E-state index contributed by atoms with van der Waals surface area (Å²) >= 11 is 0. The average molecular weight is 276 g/mol. The van der Waals surface area contributed by atoms with Gasteiger partial charge in [0.05, 0.1) is 0 Å². The molecule has 1 aromatic rings. The first-order valence-electron chi connectivity index (χ1n) is 7.60. The number of ether oxygens (including phenoxy) is 1. The largest absolute Gasteiger partial charge is 0.385 e. The zero-order valence-corrected chi connectivity index (χ0v) is 13.0. The van der Waals surface area contributed by atoms with Gasteiger partial charge in [0.25, 0.3) is 0 Å². The fraction of sp³-hybridized carbons (Fsp3) is 0.647. The van der Waals surface area contributed by atoms with Gasteiger partial charge in [-0.2, -0.15) is 0 Å². The monoisotopic (exact) mass is 276 g/mol. The first-order chi connectivity index (χ1) is 9.62. The summed E-state index contributed by atoms with van der Waals surface area (Å²) in [5.41, 5.74) is 3.25. The van der Waals surface area contributed by atoms with Gasteiger partial charge in [-0.3, -0.25) is 0 Å². The highest BCUT2D eigenvalue weighted by Crippen LogP contribution is 2.24. The summed E-state index contributed by atoms with van der Waals surface area (Å²) in [5, 5.41) is 7.16. The van der Waals surface area contributed by atoms with Gasteiger partial charge in [0.1, 0.15) is 0 Å². The van der Waals surface area contributed by atoms with Gasteiger partial charge in [-0.1, -0.05) is 38.1 Å². The van der Waals surface area contributed by atoms with Crippen molar-refractivity contribution < 1.29 is 4.74 Å². The average Bonchev–Trinajstić information content (AvgIpc) is 2.45. The van der Waals surface area contributed by atoms with Gasteiger partial charge in [0.2, 0.25) is 0 Å². The molecule has 112 valence electrons. The number of hydrogen-bond donors (Lipinski definition) is 2. The van der Waals surface area contributed by atoms with Crippen molar-refractivity contribution >= 4 is 0 Å². The molecule has 0 radical (unpaired) electrons. The molecule has 0 saturated heterocycles. The van der Waals surface area contributed by atoms with E-state index in [0.717, 1.165) is 39.2 Å². The van der Waals surface area contributed by atoms with E-state index in [4.69, 9.17) is 4.74 Å². The third kappa shape index (κ3) is 4.30. The van der Waals surface area contributed by atoms with Gasteiger partial charge in [0.15, 0.2) is 0 Å². The minimum absolute atomic E-state index is 0.289. The molecule has 2 rings (SSSR count). The van der Waals surface area contributed by atoms with Crippen LogP contribution in [0.4, 0.5) is 0 Å². The van der Waals surface area contributed by atoms with E-state index in [1.807, 2.05) is 0 Å². The second kappa shape index (κ2) is 7.21. The summed E-state index contributed by atoms with van der Waals surface area (Å²) in [4.78, 5) is 0. The molecule has 1 heterocycles. The van der Waals surface area contributed by atoms with Gasteiger partial charge < -0.3 is 15.4 Å². The van der Waals surface area contributed by atoms with Crippen LogP contribution in [0.1, 0.15) is 37.3 Å². The number of fused-ring (bicyclic) bond motifs is 1. The highest BCUT2D eigenvalue weighted by molar-refractivity contribution is 5.32. The van der Waals surface area contributed by atoms with Crippen LogP contribution in [-0.4, -0.2) is 33.4 Å². The molecule has 1 atom stereocenters. The minimum atomic E-state index is 0.289. The van der Waals surface area contributed by atoms with Crippen molar-refractivity contribution in [1.29, 1.82) is 0 Å². The zero-order chi connectivity index (χ0) is 14.4. The lowest BCUT2D eigenvalue weighted by Crippen LogP contribution is -2.38. The Kier molecular flexibility index (Phi) is 5.58. The second-order valence-electron chi connectivity index (χ2n) is 6.56. The molecule has 1 aliphatic rings. The summed E-state index contributed by atoms with van der Waals surface area (Å²) in [5.74, 6) is 0.582. The Balaban J connectivity index is 1.83. The van der Waals surface area contributed by atoms with Crippen molar-refractivity contribution in [3.63, 3.8) is 0 Å². The van der Waals surface area contributed by atoms with Crippen LogP contribution in [0.5, 0.6) is 0 Å². The van der Waals surface area contributed by atoms with Crippen molar-refractivity contribution in [3.8, 4) is 0 Å². The first-order valence-corrected chi connectivity index (χ1v) is 7.60. The molecule has 0 saturated carbocycles. The SMILES string of the molecule is COCCC(C)(C)CNCC1CNCc2ccccc21. The van der Waals surface area contributed by atoms with Gasteiger partial charge >= 0.3 is 0 Å². The number of methoxy groups -OCH3 is 1. The Morgan fingerprint density at radius 1 is 1.35 bits per heavy atom. The quantitative estimate of drug-likeness (QED) is 0.803. The predicted molar refractivity (Wildman–Crippen MR) is 84.0 cm³/mol. The van der Waals surface area contributed by atoms with Crippen LogP contribution < -0.4 is 10.6 Å². The van der Waals surface area contributed by atoms with Gasteiger partial charge in [-0.15, -0.1) is 0 Å². The maximum atomic E-state index is 5.18. The summed E-state index contributed by atoms with van der Waals surface area (Å²) in [6, 6.07) is 8.79.